The van der Waals surface area contributed by atoms with Crippen LogP contribution in [-0.2, 0) is 12.9 Å². The summed E-state index contributed by atoms with van der Waals surface area (Å²) in [5.74, 6) is -4.13. The van der Waals surface area contributed by atoms with Gasteiger partial charge in [0, 0.05) is 6.07 Å². The van der Waals surface area contributed by atoms with E-state index < -0.39 is 42.2 Å². The Morgan fingerprint density at radius 1 is 1.11 bits per heavy atom. The van der Waals surface area contributed by atoms with Gasteiger partial charge in [-0.15, -0.1) is 13.2 Å². The van der Waals surface area contributed by atoms with E-state index in [-0.39, 0.29) is 6.07 Å². The fourth-order valence-corrected chi connectivity index (χ4v) is 1.01. The second kappa shape index (κ2) is 4.58. The average molecular weight is 281 g/mol. The second-order valence-corrected chi connectivity index (χ2v) is 2.95. The van der Waals surface area contributed by atoms with Gasteiger partial charge in [-0.05, 0) is 0 Å². The lowest BCUT2D eigenvalue weighted by atomic mass is 10.2. The van der Waals surface area contributed by atoms with Gasteiger partial charge < -0.3 is 4.74 Å². The Bertz CT molecular complexity index is 438. The van der Waals surface area contributed by atoms with E-state index in [9.17, 15) is 35.1 Å². The summed E-state index contributed by atoms with van der Waals surface area (Å²) in [6, 6.07) is 0.109. The van der Waals surface area contributed by atoms with Crippen LogP contribution < -0.4 is 4.74 Å². The predicted molar refractivity (Wildman–Crippen MR) is 40.7 cm³/mol. The van der Waals surface area contributed by atoms with Gasteiger partial charge in [-0.25, -0.2) is 13.8 Å². The number of hydrogen-bond donors (Lipinski definition) is 0. The molecule has 102 valence electrons. The zero-order chi connectivity index (χ0) is 14.1. The highest BCUT2D eigenvalue weighted by atomic mass is 19.4. The van der Waals surface area contributed by atoms with Crippen molar-refractivity contribution in [2.24, 2.45) is 0 Å². The Balaban J connectivity index is 3.34. The average Bonchev–Trinajstić information content (AvgIpc) is 2.17. The zero-order valence-electron chi connectivity index (χ0n) is 8.16. The molecule has 0 bridgehead atoms. The van der Waals surface area contributed by atoms with Gasteiger partial charge in [0.1, 0.15) is 6.67 Å². The number of halogens is 8. The Morgan fingerprint density at radius 2 is 1.67 bits per heavy atom. The summed E-state index contributed by atoms with van der Waals surface area (Å²) in [5.41, 5.74) is -3.29. The van der Waals surface area contributed by atoms with Crippen LogP contribution in [0, 0.1) is 5.82 Å². The van der Waals surface area contributed by atoms with Crippen LogP contribution in [0.5, 0.6) is 5.75 Å². The standard InChI is InChI=1S/C8H3F8NO/c9-2-3-1-4(18-8(14,15)16)5(10)6(17-3)7(11,12)13/h1H,2H2. The minimum atomic E-state index is -5.40. The van der Waals surface area contributed by atoms with E-state index in [4.69, 9.17) is 0 Å². The van der Waals surface area contributed by atoms with E-state index in [1.807, 2.05) is 0 Å². The molecule has 0 atom stereocenters. The number of hydrogen-bond acceptors (Lipinski definition) is 2. The Morgan fingerprint density at radius 3 is 2.06 bits per heavy atom. The molecule has 0 unspecified atom stereocenters. The molecule has 10 heteroatoms. The third-order valence-electron chi connectivity index (χ3n) is 1.61. The van der Waals surface area contributed by atoms with Crippen LogP contribution in [0.4, 0.5) is 35.1 Å². The molecule has 0 spiro atoms. The summed E-state index contributed by atoms with van der Waals surface area (Å²) in [6.07, 6.45) is -10.8. The Labute approximate surface area is 94.2 Å². The molecule has 0 aliphatic carbocycles. The molecule has 0 aliphatic rings. The largest absolute Gasteiger partial charge is 0.573 e. The highest BCUT2D eigenvalue weighted by Gasteiger charge is 2.40. The fourth-order valence-electron chi connectivity index (χ4n) is 1.01. The molecule has 18 heavy (non-hydrogen) atoms. The molecule has 1 heterocycles. The number of ether oxygens (including phenoxy) is 1. The van der Waals surface area contributed by atoms with Crippen LogP contribution in [0.15, 0.2) is 6.07 Å². The number of rotatable bonds is 2. The quantitative estimate of drug-likeness (QED) is 0.772. The minimum Gasteiger partial charge on any atom is -0.402 e. The summed E-state index contributed by atoms with van der Waals surface area (Å²) in [4.78, 5) is 2.53. The third kappa shape index (κ3) is 3.44. The van der Waals surface area contributed by atoms with Gasteiger partial charge in [-0.3, -0.25) is 0 Å². The van der Waals surface area contributed by atoms with Crippen molar-refractivity contribution in [3.63, 3.8) is 0 Å². The maximum absolute atomic E-state index is 13.1. The lowest BCUT2D eigenvalue weighted by Crippen LogP contribution is -2.20. The molecule has 0 radical (unpaired) electrons. The van der Waals surface area contributed by atoms with Crippen molar-refractivity contribution in [1.82, 2.24) is 4.98 Å². The van der Waals surface area contributed by atoms with Crippen LogP contribution in [-0.4, -0.2) is 11.3 Å². The van der Waals surface area contributed by atoms with Crippen molar-refractivity contribution in [3.8, 4) is 5.75 Å². The minimum absolute atomic E-state index is 0.109. The van der Waals surface area contributed by atoms with E-state index in [1.54, 1.807) is 0 Å². The number of pyridine rings is 1. The zero-order valence-corrected chi connectivity index (χ0v) is 8.16. The lowest BCUT2D eigenvalue weighted by molar-refractivity contribution is -0.276. The van der Waals surface area contributed by atoms with Crippen LogP contribution in [0.2, 0.25) is 0 Å². The first kappa shape index (κ1) is 14.5. The topological polar surface area (TPSA) is 22.1 Å². The van der Waals surface area contributed by atoms with Gasteiger partial charge in [-0.2, -0.15) is 13.2 Å². The Kier molecular flexibility index (Phi) is 3.67. The SMILES string of the molecule is FCc1cc(OC(F)(F)F)c(F)c(C(F)(F)F)n1. The molecule has 0 amide bonds. The molecule has 0 aliphatic heterocycles. The highest BCUT2D eigenvalue weighted by molar-refractivity contribution is 5.31. The van der Waals surface area contributed by atoms with E-state index in [1.165, 1.54) is 0 Å². The van der Waals surface area contributed by atoms with Gasteiger partial charge >= 0.3 is 12.5 Å². The summed E-state index contributed by atoms with van der Waals surface area (Å²) in [5, 5.41) is 0. The molecule has 0 N–H and O–H groups in total. The molecule has 0 fully saturated rings. The molecule has 2 nitrogen and oxygen atoms in total. The number of nitrogens with zero attached hydrogens (tertiary/aromatic N) is 1. The van der Waals surface area contributed by atoms with Crippen LogP contribution in [0.1, 0.15) is 11.4 Å². The highest BCUT2D eigenvalue weighted by Crippen LogP contribution is 2.35. The summed E-state index contributed by atoms with van der Waals surface area (Å²) in [7, 11) is 0. The summed E-state index contributed by atoms with van der Waals surface area (Å²) >= 11 is 0. The van der Waals surface area contributed by atoms with Crippen molar-refractivity contribution in [1.29, 1.82) is 0 Å². The molecule has 1 aromatic rings. The van der Waals surface area contributed by atoms with Crippen molar-refractivity contribution in [3.05, 3.63) is 23.3 Å². The first-order valence-electron chi connectivity index (χ1n) is 4.13. The fraction of sp³-hybridized carbons (Fsp3) is 0.375. The monoisotopic (exact) mass is 281 g/mol. The van der Waals surface area contributed by atoms with E-state index in [0.29, 0.717) is 0 Å². The van der Waals surface area contributed by atoms with E-state index in [2.05, 4.69) is 9.72 Å². The molecule has 0 saturated carbocycles. The van der Waals surface area contributed by atoms with E-state index in [0.717, 1.165) is 0 Å². The maximum atomic E-state index is 13.1. The van der Waals surface area contributed by atoms with Gasteiger partial charge in [0.15, 0.2) is 17.3 Å². The van der Waals surface area contributed by atoms with Gasteiger partial charge in [0.05, 0.1) is 5.69 Å². The molecular formula is C8H3F8NO. The molecule has 0 saturated heterocycles. The maximum Gasteiger partial charge on any atom is 0.573 e. The second-order valence-electron chi connectivity index (χ2n) is 2.95. The Hall–Kier alpha value is -1.61. The van der Waals surface area contributed by atoms with Crippen molar-refractivity contribution >= 4 is 0 Å². The van der Waals surface area contributed by atoms with Gasteiger partial charge in [0.2, 0.25) is 0 Å². The summed E-state index contributed by atoms with van der Waals surface area (Å²) < 4.78 is 100. The normalized spacial score (nSPS) is 12.7. The van der Waals surface area contributed by atoms with E-state index >= 15 is 0 Å². The van der Waals surface area contributed by atoms with Gasteiger partial charge in [0.25, 0.3) is 0 Å². The first-order chi connectivity index (χ1) is 8.04. The van der Waals surface area contributed by atoms with Crippen molar-refractivity contribution in [2.45, 2.75) is 19.2 Å². The molecule has 0 aromatic carbocycles. The summed E-state index contributed by atoms with van der Waals surface area (Å²) in [6.45, 7) is -1.60. The van der Waals surface area contributed by atoms with Crippen molar-refractivity contribution in [2.75, 3.05) is 0 Å². The van der Waals surface area contributed by atoms with Crippen LogP contribution in [0.25, 0.3) is 0 Å². The third-order valence-corrected chi connectivity index (χ3v) is 1.61. The predicted octanol–water partition coefficient (Wildman–Crippen LogP) is 3.61. The first-order valence-corrected chi connectivity index (χ1v) is 4.13. The number of alkyl halides is 7. The van der Waals surface area contributed by atoms with Crippen molar-refractivity contribution < 1.29 is 39.9 Å². The smallest absolute Gasteiger partial charge is 0.402 e. The number of aromatic nitrogens is 1. The molecular weight excluding hydrogens is 278 g/mol. The molecule has 1 aromatic heterocycles. The van der Waals surface area contributed by atoms with Crippen LogP contribution >= 0.6 is 0 Å². The lowest BCUT2D eigenvalue weighted by Gasteiger charge is -2.14. The molecule has 1 rings (SSSR count). The van der Waals surface area contributed by atoms with Gasteiger partial charge in [-0.1, -0.05) is 0 Å². The van der Waals surface area contributed by atoms with Crippen LogP contribution in [0.3, 0.4) is 0 Å².